The minimum atomic E-state index is -0.593. The Balaban J connectivity index is 1.69. The Kier molecular flexibility index (Phi) is 6.73. The van der Waals surface area contributed by atoms with Gasteiger partial charge in [-0.05, 0) is 72.6 Å². The third-order valence-corrected chi connectivity index (χ3v) is 7.86. The number of hydrogen-bond acceptors (Lipinski definition) is 3. The molecule has 7 heteroatoms. The first-order chi connectivity index (χ1) is 15.6. The van der Waals surface area contributed by atoms with Crippen LogP contribution >= 0.6 is 27.3 Å². The summed E-state index contributed by atoms with van der Waals surface area (Å²) in [6.45, 7) is 6.70. The van der Waals surface area contributed by atoms with E-state index in [2.05, 4.69) is 47.3 Å². The lowest BCUT2D eigenvalue weighted by Gasteiger charge is -2.33. The summed E-state index contributed by atoms with van der Waals surface area (Å²) in [5, 5.41) is 6.24. The lowest BCUT2D eigenvalue weighted by molar-refractivity contribution is 0.102. The summed E-state index contributed by atoms with van der Waals surface area (Å²) in [4.78, 5) is 27.4. The number of carbonyl (C=O) groups is 2. The van der Waals surface area contributed by atoms with Crippen molar-refractivity contribution in [1.29, 1.82) is 0 Å². The van der Waals surface area contributed by atoms with Crippen molar-refractivity contribution in [1.82, 2.24) is 0 Å². The van der Waals surface area contributed by atoms with Crippen LogP contribution in [0.1, 0.15) is 58.3 Å². The summed E-state index contributed by atoms with van der Waals surface area (Å²) < 4.78 is 15.1. The largest absolute Gasteiger partial charge is 0.322 e. The van der Waals surface area contributed by atoms with Crippen LogP contribution in [0.3, 0.4) is 0 Å². The molecule has 0 aliphatic heterocycles. The summed E-state index contributed by atoms with van der Waals surface area (Å²) in [5.74, 6) is -0.934. The van der Waals surface area contributed by atoms with Crippen molar-refractivity contribution in [2.45, 2.75) is 40.0 Å². The van der Waals surface area contributed by atoms with Crippen LogP contribution in [0.2, 0.25) is 0 Å². The molecule has 4 rings (SSSR count). The Hall–Kier alpha value is -2.51. The maximum Gasteiger partial charge on any atom is 0.259 e. The van der Waals surface area contributed by atoms with E-state index in [0.29, 0.717) is 22.2 Å². The van der Waals surface area contributed by atoms with Gasteiger partial charge in [-0.3, -0.25) is 9.59 Å². The lowest BCUT2D eigenvalue weighted by atomic mass is 9.72. The fraction of sp³-hybridized carbons (Fsp3) is 0.308. The molecule has 0 radical (unpaired) electrons. The van der Waals surface area contributed by atoms with Gasteiger partial charge in [0.2, 0.25) is 0 Å². The predicted octanol–water partition coefficient (Wildman–Crippen LogP) is 7.31. The average molecular weight is 529 g/mol. The molecule has 2 aromatic carbocycles. The van der Waals surface area contributed by atoms with Gasteiger partial charge in [-0.2, -0.15) is 0 Å². The number of anilines is 2. The minimum Gasteiger partial charge on any atom is -0.322 e. The highest BCUT2D eigenvalue weighted by Gasteiger charge is 2.34. The smallest absolute Gasteiger partial charge is 0.259 e. The summed E-state index contributed by atoms with van der Waals surface area (Å²) in [6.07, 6.45) is 2.61. The molecule has 0 spiro atoms. The van der Waals surface area contributed by atoms with Gasteiger partial charge in [-0.25, -0.2) is 4.39 Å². The topological polar surface area (TPSA) is 58.2 Å². The first kappa shape index (κ1) is 23.6. The molecule has 2 amide bonds. The highest BCUT2D eigenvalue weighted by molar-refractivity contribution is 9.10. The van der Waals surface area contributed by atoms with Crippen LogP contribution in [-0.2, 0) is 12.8 Å². The second kappa shape index (κ2) is 9.39. The van der Waals surface area contributed by atoms with Crippen LogP contribution in [0.25, 0.3) is 0 Å². The molecule has 2 N–H and O–H groups in total. The van der Waals surface area contributed by atoms with E-state index in [4.69, 9.17) is 0 Å². The number of carbonyl (C=O) groups excluding carboxylic acids is 2. The van der Waals surface area contributed by atoms with Crippen LogP contribution in [0.4, 0.5) is 15.1 Å². The second-order valence-electron chi connectivity index (χ2n) is 9.41. The van der Waals surface area contributed by atoms with E-state index >= 15 is 0 Å². The fourth-order valence-corrected chi connectivity index (χ4v) is 5.78. The van der Waals surface area contributed by atoms with Crippen molar-refractivity contribution < 1.29 is 14.0 Å². The van der Waals surface area contributed by atoms with Crippen molar-refractivity contribution in [3.05, 3.63) is 80.4 Å². The number of halogens is 2. The zero-order valence-corrected chi connectivity index (χ0v) is 21.2. The third-order valence-electron chi connectivity index (χ3n) is 6.16. The molecule has 1 aromatic heterocycles. The Labute approximate surface area is 205 Å². The zero-order valence-electron chi connectivity index (χ0n) is 18.8. The van der Waals surface area contributed by atoms with E-state index in [9.17, 15) is 14.0 Å². The molecule has 172 valence electrons. The summed E-state index contributed by atoms with van der Waals surface area (Å²) in [5.41, 5.74) is 2.24. The summed E-state index contributed by atoms with van der Waals surface area (Å²) in [6, 6.07) is 13.2. The molecule has 0 saturated carbocycles. The number of hydrogen-bond donors (Lipinski definition) is 2. The van der Waals surface area contributed by atoms with E-state index in [-0.39, 0.29) is 16.9 Å². The standard InChI is InChI=1S/C26H26BrFN2O2S/c1-26(2,3)15-8-13-19-21(14-15)33-25(30-23(31)18-6-4-5-7-20(18)28)22(19)24(32)29-17-11-9-16(27)10-12-17/h4-7,9-12,15H,8,13-14H2,1-3H3,(H,29,32)(H,30,31). The highest BCUT2D eigenvalue weighted by Crippen LogP contribution is 2.44. The summed E-state index contributed by atoms with van der Waals surface area (Å²) >= 11 is 4.83. The van der Waals surface area contributed by atoms with Crippen molar-refractivity contribution in [2.75, 3.05) is 10.6 Å². The van der Waals surface area contributed by atoms with Crippen LogP contribution in [-0.4, -0.2) is 11.8 Å². The predicted molar refractivity (Wildman–Crippen MR) is 136 cm³/mol. The van der Waals surface area contributed by atoms with Gasteiger partial charge in [0.25, 0.3) is 11.8 Å². The van der Waals surface area contributed by atoms with Gasteiger partial charge in [0.05, 0.1) is 11.1 Å². The van der Waals surface area contributed by atoms with Crippen molar-refractivity contribution in [2.24, 2.45) is 11.3 Å². The molecule has 1 heterocycles. The number of rotatable bonds is 4. The third kappa shape index (κ3) is 5.20. The van der Waals surface area contributed by atoms with Crippen molar-refractivity contribution in [3.63, 3.8) is 0 Å². The van der Waals surface area contributed by atoms with Crippen molar-refractivity contribution >= 4 is 49.8 Å². The molecule has 33 heavy (non-hydrogen) atoms. The van der Waals surface area contributed by atoms with Gasteiger partial charge in [0.1, 0.15) is 10.8 Å². The van der Waals surface area contributed by atoms with Crippen molar-refractivity contribution in [3.8, 4) is 0 Å². The van der Waals surface area contributed by atoms with Crippen LogP contribution in [0, 0.1) is 17.2 Å². The highest BCUT2D eigenvalue weighted by atomic mass is 79.9. The van der Waals surface area contributed by atoms with Gasteiger partial charge in [-0.1, -0.05) is 48.8 Å². The Morgan fingerprint density at radius 2 is 1.73 bits per heavy atom. The van der Waals surface area contributed by atoms with Gasteiger partial charge < -0.3 is 10.6 Å². The number of benzene rings is 2. The first-order valence-electron chi connectivity index (χ1n) is 10.9. The Morgan fingerprint density at radius 1 is 1.03 bits per heavy atom. The van der Waals surface area contributed by atoms with E-state index < -0.39 is 11.7 Å². The van der Waals surface area contributed by atoms with Gasteiger partial charge in [0.15, 0.2) is 0 Å². The number of nitrogens with one attached hydrogen (secondary N) is 2. The monoisotopic (exact) mass is 528 g/mol. The number of fused-ring (bicyclic) bond motifs is 1. The van der Waals surface area contributed by atoms with E-state index in [1.165, 1.54) is 23.5 Å². The molecule has 1 atom stereocenters. The SMILES string of the molecule is CC(C)(C)C1CCc2c(sc(NC(=O)c3ccccc3F)c2C(=O)Nc2ccc(Br)cc2)C1. The fourth-order valence-electron chi connectivity index (χ4n) is 4.20. The molecular formula is C26H26BrFN2O2S. The second-order valence-corrected chi connectivity index (χ2v) is 11.4. The van der Waals surface area contributed by atoms with E-state index in [0.717, 1.165) is 34.2 Å². The Bertz CT molecular complexity index is 1200. The normalized spacial score (nSPS) is 15.6. The Morgan fingerprint density at radius 3 is 2.39 bits per heavy atom. The molecule has 1 aliphatic carbocycles. The van der Waals surface area contributed by atoms with E-state index in [1.54, 1.807) is 12.1 Å². The lowest BCUT2D eigenvalue weighted by Crippen LogP contribution is -2.27. The van der Waals surface area contributed by atoms with Crippen LogP contribution < -0.4 is 10.6 Å². The van der Waals surface area contributed by atoms with Crippen LogP contribution in [0.5, 0.6) is 0 Å². The molecule has 3 aromatic rings. The molecule has 1 unspecified atom stereocenters. The molecule has 4 nitrogen and oxygen atoms in total. The molecule has 0 saturated heterocycles. The van der Waals surface area contributed by atoms with Crippen LogP contribution in [0.15, 0.2) is 53.0 Å². The van der Waals surface area contributed by atoms with Gasteiger partial charge in [-0.15, -0.1) is 11.3 Å². The maximum atomic E-state index is 14.2. The van der Waals surface area contributed by atoms with Gasteiger partial charge in [0, 0.05) is 15.0 Å². The minimum absolute atomic E-state index is 0.0456. The van der Waals surface area contributed by atoms with E-state index in [1.807, 2.05) is 24.3 Å². The summed E-state index contributed by atoms with van der Waals surface area (Å²) in [7, 11) is 0. The molecule has 0 fully saturated rings. The van der Waals surface area contributed by atoms with Gasteiger partial charge >= 0.3 is 0 Å². The number of thiophene rings is 1. The quantitative estimate of drug-likeness (QED) is 0.373. The average Bonchev–Trinajstić information content (AvgIpc) is 3.12. The molecule has 1 aliphatic rings. The molecule has 0 bridgehead atoms. The first-order valence-corrected chi connectivity index (χ1v) is 12.5. The molecular weight excluding hydrogens is 503 g/mol. The zero-order chi connectivity index (χ0) is 23.8. The number of amides is 2. The maximum absolute atomic E-state index is 14.2.